The zero-order chi connectivity index (χ0) is 21.8. The van der Waals surface area contributed by atoms with Crippen LogP contribution in [-0.2, 0) is 4.79 Å². The third-order valence-corrected chi connectivity index (χ3v) is 5.54. The summed E-state index contributed by atoms with van der Waals surface area (Å²) >= 11 is 18.2. The number of hydrogen-bond donors (Lipinski definition) is 1. The Bertz CT molecular complexity index is 1120. The molecule has 1 heterocycles. The minimum Gasteiger partial charge on any atom is -0.483 e. The summed E-state index contributed by atoms with van der Waals surface area (Å²) in [6.07, 6.45) is 1.38. The second-order valence-corrected chi connectivity index (χ2v) is 7.91. The zero-order valence-corrected chi connectivity index (χ0v) is 18.8. The second kappa shape index (κ2) is 9.56. The molecule has 156 valence electrons. The van der Waals surface area contributed by atoms with Crippen LogP contribution in [0.3, 0.4) is 0 Å². The Labute approximate surface area is 189 Å². The van der Waals surface area contributed by atoms with Gasteiger partial charge in [-0.05, 0) is 61.7 Å². The van der Waals surface area contributed by atoms with E-state index in [4.69, 9.17) is 44.0 Å². The van der Waals surface area contributed by atoms with Crippen molar-refractivity contribution in [3.63, 3.8) is 0 Å². The number of ether oxygens (including phenoxy) is 1. The standard InChI is InChI=1S/C22H19Cl3N2O3/c1-12-4-5-13(2)22(14(12)3)29-11-21(28)27-26-10-15-6-7-20(30-15)16-8-18(24)19(25)9-17(16)23/h4-10H,11H2,1-3H3,(H,27,28). The van der Waals surface area contributed by atoms with E-state index in [1.165, 1.54) is 6.21 Å². The Morgan fingerprint density at radius 2 is 1.73 bits per heavy atom. The van der Waals surface area contributed by atoms with Crippen LogP contribution in [0.4, 0.5) is 0 Å². The highest BCUT2D eigenvalue weighted by Gasteiger charge is 2.12. The Balaban J connectivity index is 1.60. The van der Waals surface area contributed by atoms with Gasteiger partial charge < -0.3 is 9.15 Å². The topological polar surface area (TPSA) is 63.8 Å². The fourth-order valence-electron chi connectivity index (χ4n) is 2.76. The smallest absolute Gasteiger partial charge is 0.277 e. The molecule has 2 aromatic carbocycles. The molecule has 0 spiro atoms. The summed E-state index contributed by atoms with van der Waals surface area (Å²) in [5.41, 5.74) is 6.10. The van der Waals surface area contributed by atoms with Gasteiger partial charge in [-0.3, -0.25) is 4.79 Å². The first kappa shape index (κ1) is 22.2. The van der Waals surface area contributed by atoms with Crippen LogP contribution >= 0.6 is 34.8 Å². The molecule has 0 aliphatic carbocycles. The number of carbonyl (C=O) groups excluding carboxylic acids is 1. The van der Waals surface area contributed by atoms with E-state index in [9.17, 15) is 4.79 Å². The van der Waals surface area contributed by atoms with Gasteiger partial charge in [-0.15, -0.1) is 0 Å². The quantitative estimate of drug-likeness (QED) is 0.262. The van der Waals surface area contributed by atoms with Crippen LogP contribution in [0.25, 0.3) is 11.3 Å². The van der Waals surface area contributed by atoms with E-state index >= 15 is 0 Å². The first-order chi connectivity index (χ1) is 14.3. The molecular weight excluding hydrogens is 447 g/mol. The molecule has 0 fully saturated rings. The lowest BCUT2D eigenvalue weighted by Crippen LogP contribution is -2.25. The lowest BCUT2D eigenvalue weighted by Gasteiger charge is -2.13. The number of hydrazone groups is 1. The van der Waals surface area contributed by atoms with Crippen LogP contribution in [0.1, 0.15) is 22.5 Å². The Kier molecular flexibility index (Phi) is 7.08. The fourth-order valence-corrected chi connectivity index (χ4v) is 3.40. The number of nitrogens with one attached hydrogen (secondary N) is 1. The molecule has 1 N–H and O–H groups in total. The maximum atomic E-state index is 12.0. The van der Waals surface area contributed by atoms with Crippen LogP contribution in [0.15, 0.2) is 45.9 Å². The van der Waals surface area contributed by atoms with Crippen LogP contribution in [0.2, 0.25) is 15.1 Å². The summed E-state index contributed by atoms with van der Waals surface area (Å²) in [6.45, 7) is 5.74. The third kappa shape index (κ3) is 5.17. The van der Waals surface area contributed by atoms with Crippen molar-refractivity contribution in [3.05, 3.63) is 73.9 Å². The monoisotopic (exact) mass is 464 g/mol. The molecule has 3 aromatic rings. The minimum atomic E-state index is -0.383. The molecule has 5 nitrogen and oxygen atoms in total. The number of benzene rings is 2. The van der Waals surface area contributed by atoms with Crippen molar-refractivity contribution in [1.82, 2.24) is 5.43 Å². The average molecular weight is 466 g/mol. The van der Waals surface area contributed by atoms with Gasteiger partial charge in [-0.25, -0.2) is 5.43 Å². The zero-order valence-electron chi connectivity index (χ0n) is 16.6. The van der Waals surface area contributed by atoms with Gasteiger partial charge in [0.05, 0.1) is 21.3 Å². The predicted molar refractivity (Wildman–Crippen MR) is 121 cm³/mol. The number of rotatable bonds is 6. The van der Waals surface area contributed by atoms with E-state index < -0.39 is 0 Å². The number of hydrogen-bond acceptors (Lipinski definition) is 4. The van der Waals surface area contributed by atoms with E-state index in [0.717, 1.165) is 16.7 Å². The van der Waals surface area contributed by atoms with Gasteiger partial charge in [0.1, 0.15) is 17.3 Å². The number of aryl methyl sites for hydroxylation is 2. The Hall–Kier alpha value is -2.47. The van der Waals surface area contributed by atoms with Gasteiger partial charge in [0.25, 0.3) is 5.91 Å². The number of halogens is 3. The average Bonchev–Trinajstić information content (AvgIpc) is 3.16. The molecule has 8 heteroatoms. The molecule has 30 heavy (non-hydrogen) atoms. The largest absolute Gasteiger partial charge is 0.483 e. The first-order valence-corrected chi connectivity index (χ1v) is 10.2. The molecule has 0 aliphatic heterocycles. The molecule has 0 atom stereocenters. The van der Waals surface area contributed by atoms with Gasteiger partial charge >= 0.3 is 0 Å². The van der Waals surface area contributed by atoms with Crippen molar-refractivity contribution < 1.29 is 13.9 Å². The molecule has 0 saturated carbocycles. The van der Waals surface area contributed by atoms with Crippen LogP contribution in [0.5, 0.6) is 5.75 Å². The summed E-state index contributed by atoms with van der Waals surface area (Å²) in [6, 6.07) is 10.6. The van der Waals surface area contributed by atoms with Crippen molar-refractivity contribution in [1.29, 1.82) is 0 Å². The molecular formula is C22H19Cl3N2O3. The molecule has 3 rings (SSSR count). The van der Waals surface area contributed by atoms with Crippen molar-refractivity contribution in [2.45, 2.75) is 20.8 Å². The second-order valence-electron chi connectivity index (χ2n) is 6.68. The Morgan fingerprint density at radius 3 is 2.50 bits per heavy atom. The molecule has 1 amide bonds. The number of carbonyl (C=O) groups is 1. The van der Waals surface area contributed by atoms with Gasteiger partial charge in [0.2, 0.25) is 0 Å². The summed E-state index contributed by atoms with van der Waals surface area (Å²) in [5, 5.41) is 5.04. The van der Waals surface area contributed by atoms with Gasteiger partial charge in [0.15, 0.2) is 6.61 Å². The molecule has 0 unspecified atom stereocenters. The van der Waals surface area contributed by atoms with E-state index in [-0.39, 0.29) is 12.5 Å². The summed E-state index contributed by atoms with van der Waals surface area (Å²) in [5.74, 6) is 1.26. The maximum Gasteiger partial charge on any atom is 0.277 e. The summed E-state index contributed by atoms with van der Waals surface area (Å²) in [7, 11) is 0. The molecule has 0 aliphatic rings. The highest BCUT2D eigenvalue weighted by atomic mass is 35.5. The highest BCUT2D eigenvalue weighted by Crippen LogP contribution is 2.35. The van der Waals surface area contributed by atoms with Gasteiger partial charge in [0, 0.05) is 5.56 Å². The summed E-state index contributed by atoms with van der Waals surface area (Å²) in [4.78, 5) is 12.0. The number of nitrogens with zero attached hydrogens (tertiary/aromatic N) is 1. The minimum absolute atomic E-state index is 0.148. The SMILES string of the molecule is Cc1ccc(C)c(OCC(=O)NN=Cc2ccc(-c3cc(Cl)c(Cl)cc3Cl)o2)c1C. The van der Waals surface area contributed by atoms with E-state index in [2.05, 4.69) is 10.5 Å². The van der Waals surface area contributed by atoms with Crippen molar-refractivity contribution in [3.8, 4) is 17.1 Å². The maximum absolute atomic E-state index is 12.0. The van der Waals surface area contributed by atoms with E-state index in [0.29, 0.717) is 37.9 Å². The normalized spacial score (nSPS) is 11.1. The third-order valence-electron chi connectivity index (χ3n) is 4.50. The summed E-state index contributed by atoms with van der Waals surface area (Å²) < 4.78 is 11.3. The highest BCUT2D eigenvalue weighted by molar-refractivity contribution is 6.44. The van der Waals surface area contributed by atoms with Crippen LogP contribution in [0, 0.1) is 20.8 Å². The van der Waals surface area contributed by atoms with Crippen molar-refractivity contribution >= 4 is 46.9 Å². The lowest BCUT2D eigenvalue weighted by atomic mass is 10.1. The fraction of sp³-hybridized carbons (Fsp3) is 0.182. The van der Waals surface area contributed by atoms with Gasteiger partial charge in [-0.1, -0.05) is 46.9 Å². The Morgan fingerprint density at radius 1 is 1.03 bits per heavy atom. The van der Waals surface area contributed by atoms with Gasteiger partial charge in [-0.2, -0.15) is 5.10 Å². The first-order valence-electron chi connectivity index (χ1n) is 9.02. The van der Waals surface area contributed by atoms with Crippen LogP contribution in [-0.4, -0.2) is 18.7 Å². The van der Waals surface area contributed by atoms with E-state index in [1.807, 2.05) is 32.9 Å². The van der Waals surface area contributed by atoms with Crippen molar-refractivity contribution in [2.75, 3.05) is 6.61 Å². The number of amides is 1. The number of furan rings is 1. The molecule has 0 saturated heterocycles. The molecule has 1 aromatic heterocycles. The molecule has 0 radical (unpaired) electrons. The molecule has 0 bridgehead atoms. The van der Waals surface area contributed by atoms with Crippen LogP contribution < -0.4 is 10.2 Å². The lowest BCUT2D eigenvalue weighted by molar-refractivity contribution is -0.123. The predicted octanol–water partition coefficient (Wildman–Crippen LogP) is 6.36. The van der Waals surface area contributed by atoms with Crippen molar-refractivity contribution in [2.24, 2.45) is 5.10 Å². The van der Waals surface area contributed by atoms with E-state index in [1.54, 1.807) is 24.3 Å².